The van der Waals surface area contributed by atoms with Gasteiger partial charge in [0.25, 0.3) is 0 Å². The van der Waals surface area contributed by atoms with E-state index >= 15 is 0 Å². The van der Waals surface area contributed by atoms with Crippen LogP contribution in [0.4, 0.5) is 0 Å². The van der Waals surface area contributed by atoms with Gasteiger partial charge in [0.1, 0.15) is 0 Å². The minimum atomic E-state index is -0.980. The summed E-state index contributed by atoms with van der Waals surface area (Å²) in [6.45, 7) is 1.97. The topological polar surface area (TPSA) is 37.3 Å². The van der Waals surface area contributed by atoms with E-state index in [4.69, 9.17) is 28.3 Å². The second-order valence-electron chi connectivity index (χ2n) is 4.73. The normalized spacial score (nSPS) is 14.2. The van der Waals surface area contributed by atoms with E-state index in [9.17, 15) is 4.79 Å². The highest BCUT2D eigenvalue weighted by atomic mass is 35.5. The van der Waals surface area contributed by atoms with Crippen LogP contribution >= 0.6 is 23.2 Å². The van der Waals surface area contributed by atoms with Gasteiger partial charge in [-0.2, -0.15) is 0 Å². The maximum absolute atomic E-state index is 11.1. The Morgan fingerprint density at radius 3 is 2.50 bits per heavy atom. The van der Waals surface area contributed by atoms with Crippen molar-refractivity contribution in [2.45, 2.75) is 6.92 Å². The number of aryl methyl sites for hydroxylation is 1. The highest BCUT2D eigenvalue weighted by Crippen LogP contribution is 2.49. The number of carboxylic acid groups (broad SMARTS) is 1. The molecule has 0 heterocycles. The molecule has 0 aromatic heterocycles. The maximum Gasteiger partial charge on any atom is 0.328 e. The van der Waals surface area contributed by atoms with Crippen LogP contribution < -0.4 is 0 Å². The van der Waals surface area contributed by atoms with Crippen LogP contribution in [0.2, 0.25) is 10.0 Å². The molecule has 0 saturated carbocycles. The molecule has 2 aromatic carbocycles. The molecule has 0 spiro atoms. The molecule has 0 unspecified atom stereocenters. The third kappa shape index (κ3) is 1.92. The number of aliphatic carboxylic acids is 1. The number of fused-ring (bicyclic) bond motifs is 3. The first-order valence-corrected chi connectivity index (χ1v) is 6.79. The summed E-state index contributed by atoms with van der Waals surface area (Å²) in [5.41, 5.74) is 5.15. The van der Waals surface area contributed by atoms with Crippen LogP contribution in [0, 0.1) is 6.92 Å². The number of benzene rings is 2. The zero-order valence-corrected chi connectivity index (χ0v) is 12.1. The molecule has 2 aromatic rings. The molecule has 0 amide bonds. The highest BCUT2D eigenvalue weighted by Gasteiger charge is 2.27. The number of hydrogen-bond acceptors (Lipinski definition) is 1. The van der Waals surface area contributed by atoms with Gasteiger partial charge >= 0.3 is 5.97 Å². The van der Waals surface area contributed by atoms with Crippen molar-refractivity contribution in [1.82, 2.24) is 0 Å². The van der Waals surface area contributed by atoms with Gasteiger partial charge in [-0.25, -0.2) is 4.79 Å². The van der Waals surface area contributed by atoms with Crippen LogP contribution in [0.1, 0.15) is 16.7 Å². The Bertz CT molecular complexity index is 776. The molecule has 2 nitrogen and oxygen atoms in total. The minimum absolute atomic E-state index is 0.461. The first-order valence-electron chi connectivity index (χ1n) is 6.03. The minimum Gasteiger partial charge on any atom is -0.478 e. The van der Waals surface area contributed by atoms with Crippen LogP contribution in [0.3, 0.4) is 0 Å². The molecule has 100 valence electrons. The second-order valence-corrected chi connectivity index (χ2v) is 5.51. The summed E-state index contributed by atoms with van der Waals surface area (Å²) >= 11 is 12.4. The standard InChI is InChI=1S/C16H10Cl2O2/c1-8-2-3-9-11(6-8)12(7-14(19)20)10-4-5-13(17)16(18)15(9)10/h2-7H,1H3,(H,19,20)/b12-7-. The van der Waals surface area contributed by atoms with Crippen LogP contribution in [0.15, 0.2) is 36.4 Å². The van der Waals surface area contributed by atoms with Gasteiger partial charge in [0.05, 0.1) is 10.0 Å². The van der Waals surface area contributed by atoms with Crippen molar-refractivity contribution < 1.29 is 9.90 Å². The average molecular weight is 305 g/mol. The van der Waals surface area contributed by atoms with E-state index in [0.29, 0.717) is 15.6 Å². The Labute approximate surface area is 126 Å². The van der Waals surface area contributed by atoms with Crippen molar-refractivity contribution in [3.05, 3.63) is 63.1 Å². The predicted octanol–water partition coefficient (Wildman–Crippen LogP) is 4.80. The third-order valence-corrected chi connectivity index (χ3v) is 4.19. The third-order valence-electron chi connectivity index (χ3n) is 3.39. The number of rotatable bonds is 1. The second kappa shape index (κ2) is 4.65. The van der Waals surface area contributed by atoms with E-state index in [-0.39, 0.29) is 0 Å². The fourth-order valence-electron chi connectivity index (χ4n) is 2.56. The Morgan fingerprint density at radius 1 is 1.10 bits per heavy atom. The van der Waals surface area contributed by atoms with Gasteiger partial charge in [0.2, 0.25) is 0 Å². The lowest BCUT2D eigenvalue weighted by Gasteiger charge is -2.05. The molecular weight excluding hydrogens is 295 g/mol. The van der Waals surface area contributed by atoms with Crippen molar-refractivity contribution in [2.24, 2.45) is 0 Å². The Morgan fingerprint density at radius 2 is 1.80 bits per heavy atom. The first-order chi connectivity index (χ1) is 9.49. The van der Waals surface area contributed by atoms with Gasteiger partial charge in [0.15, 0.2) is 0 Å². The maximum atomic E-state index is 11.1. The van der Waals surface area contributed by atoms with Crippen molar-refractivity contribution in [2.75, 3.05) is 0 Å². The first kappa shape index (κ1) is 13.2. The predicted molar refractivity (Wildman–Crippen MR) is 81.3 cm³/mol. The fraction of sp³-hybridized carbons (Fsp3) is 0.0625. The molecule has 0 radical (unpaired) electrons. The number of halogens is 2. The summed E-state index contributed by atoms with van der Waals surface area (Å²) in [6.07, 6.45) is 1.22. The van der Waals surface area contributed by atoms with Crippen LogP contribution in [0.5, 0.6) is 0 Å². The lowest BCUT2D eigenvalue weighted by atomic mass is 10.0. The Kier molecular flexibility index (Phi) is 3.08. The number of carboxylic acids is 1. The molecule has 20 heavy (non-hydrogen) atoms. The van der Waals surface area contributed by atoms with E-state index in [0.717, 1.165) is 27.8 Å². The van der Waals surface area contributed by atoms with E-state index < -0.39 is 5.97 Å². The fourth-order valence-corrected chi connectivity index (χ4v) is 2.99. The highest BCUT2D eigenvalue weighted by molar-refractivity contribution is 6.44. The van der Waals surface area contributed by atoms with Crippen LogP contribution in [-0.2, 0) is 4.79 Å². The number of carbonyl (C=O) groups is 1. The average Bonchev–Trinajstić information content (AvgIpc) is 2.68. The van der Waals surface area contributed by atoms with E-state index in [1.54, 1.807) is 6.07 Å². The summed E-state index contributed by atoms with van der Waals surface area (Å²) in [7, 11) is 0. The van der Waals surface area contributed by atoms with Gasteiger partial charge < -0.3 is 5.11 Å². The molecule has 1 aliphatic rings. The zero-order valence-electron chi connectivity index (χ0n) is 10.6. The van der Waals surface area contributed by atoms with Gasteiger partial charge in [-0.3, -0.25) is 0 Å². The summed E-state index contributed by atoms with van der Waals surface area (Å²) < 4.78 is 0. The lowest BCUT2D eigenvalue weighted by molar-refractivity contribution is -0.131. The van der Waals surface area contributed by atoms with Gasteiger partial charge in [0, 0.05) is 11.6 Å². The largest absolute Gasteiger partial charge is 0.478 e. The van der Waals surface area contributed by atoms with Gasteiger partial charge in [-0.15, -0.1) is 0 Å². The quantitative estimate of drug-likeness (QED) is 0.656. The van der Waals surface area contributed by atoms with Crippen LogP contribution in [0.25, 0.3) is 16.7 Å². The smallest absolute Gasteiger partial charge is 0.328 e. The SMILES string of the molecule is Cc1ccc2c(c1)/C(=C\C(=O)O)c1ccc(Cl)c(Cl)c1-2. The molecule has 0 saturated heterocycles. The molecule has 3 rings (SSSR count). The monoisotopic (exact) mass is 304 g/mol. The summed E-state index contributed by atoms with van der Waals surface area (Å²) in [5.74, 6) is -0.980. The van der Waals surface area contributed by atoms with Gasteiger partial charge in [-0.05, 0) is 35.3 Å². The van der Waals surface area contributed by atoms with E-state index in [2.05, 4.69) is 0 Å². The van der Waals surface area contributed by atoms with Crippen molar-refractivity contribution in [3.8, 4) is 11.1 Å². The molecular formula is C16H10Cl2O2. The molecule has 4 heteroatoms. The molecule has 1 aliphatic carbocycles. The molecule has 0 bridgehead atoms. The summed E-state index contributed by atoms with van der Waals surface area (Å²) in [4.78, 5) is 11.1. The summed E-state index contributed by atoms with van der Waals surface area (Å²) in [5, 5.41) is 10.0. The molecule has 1 N–H and O–H groups in total. The van der Waals surface area contributed by atoms with Crippen LogP contribution in [-0.4, -0.2) is 11.1 Å². The Hall–Kier alpha value is -1.77. The van der Waals surface area contributed by atoms with Crippen molar-refractivity contribution >= 4 is 34.7 Å². The van der Waals surface area contributed by atoms with Gasteiger partial charge in [-0.1, -0.05) is 53.0 Å². The van der Waals surface area contributed by atoms with Crippen molar-refractivity contribution in [3.63, 3.8) is 0 Å². The van der Waals surface area contributed by atoms with Crippen molar-refractivity contribution in [1.29, 1.82) is 0 Å². The zero-order chi connectivity index (χ0) is 14.4. The Balaban J connectivity index is 2.41. The molecule has 0 atom stereocenters. The lowest BCUT2D eigenvalue weighted by Crippen LogP contribution is -1.91. The molecule has 0 aliphatic heterocycles. The molecule has 0 fully saturated rings. The number of hydrogen-bond donors (Lipinski definition) is 1. The van der Waals surface area contributed by atoms with E-state index in [1.807, 2.05) is 31.2 Å². The van der Waals surface area contributed by atoms with E-state index in [1.165, 1.54) is 6.08 Å². The summed E-state index contributed by atoms with van der Waals surface area (Å²) in [6, 6.07) is 9.40.